The first-order valence-corrected chi connectivity index (χ1v) is 18.7. The lowest BCUT2D eigenvalue weighted by molar-refractivity contribution is -0.141. The van der Waals surface area contributed by atoms with Crippen LogP contribution in [-0.4, -0.2) is 79.7 Å². The predicted molar refractivity (Wildman–Crippen MR) is 206 cm³/mol. The molecule has 13 nitrogen and oxygen atoms in total. The van der Waals surface area contributed by atoms with E-state index in [0.29, 0.717) is 12.1 Å². The van der Waals surface area contributed by atoms with Gasteiger partial charge in [-0.05, 0) is 74.1 Å². The number of aromatic nitrogens is 5. The van der Waals surface area contributed by atoms with Crippen molar-refractivity contribution in [2.45, 2.75) is 64.1 Å². The molecule has 3 amide bonds. The maximum atomic E-state index is 13.2. The number of benzene rings is 2. The Bertz CT molecular complexity index is 2290. The Balaban J connectivity index is 0.000000221. The molecule has 2 aromatic carbocycles. The molecule has 0 spiro atoms. The summed E-state index contributed by atoms with van der Waals surface area (Å²) < 4.78 is 41.2. The van der Waals surface area contributed by atoms with Crippen molar-refractivity contribution in [3.63, 3.8) is 0 Å². The number of aryl methyl sites for hydroxylation is 2. The van der Waals surface area contributed by atoms with Crippen LogP contribution >= 0.6 is 0 Å². The first kappa shape index (κ1) is 37.8. The number of nitrogens with zero attached hydrogens (tertiary/aromatic N) is 6. The average molecular weight is 764 g/mol. The second kappa shape index (κ2) is 15.7. The SMILES string of the molecule is Cc1cc2[nH]ncc2cc1NC(=O)c1cccc(C(F)(F)F)n1.Cn1c(=O)n(C2CCC(=O)NC2=O)c2cccc(N3CCN(CC4CCCCC4)CC3)c21.[HH].[HH]. The number of halogens is 3. The molecule has 0 bridgehead atoms. The van der Waals surface area contributed by atoms with Gasteiger partial charge in [-0.25, -0.2) is 9.78 Å². The van der Waals surface area contributed by atoms with Crippen molar-refractivity contribution in [1.29, 1.82) is 0 Å². The molecule has 1 atom stereocenters. The summed E-state index contributed by atoms with van der Waals surface area (Å²) in [6.07, 6.45) is 4.50. The number of hydrogen-bond acceptors (Lipinski definition) is 8. The number of aromatic amines is 1. The molecule has 3 N–H and O–H groups in total. The van der Waals surface area contributed by atoms with Gasteiger partial charge >= 0.3 is 11.9 Å². The molecule has 294 valence electrons. The summed E-state index contributed by atoms with van der Waals surface area (Å²) in [6.45, 7) is 6.93. The van der Waals surface area contributed by atoms with E-state index in [-0.39, 0.29) is 26.6 Å². The van der Waals surface area contributed by atoms with Crippen molar-refractivity contribution >= 4 is 51.0 Å². The normalized spacial score (nSPS) is 18.6. The second-order valence-electron chi connectivity index (χ2n) is 14.6. The Morgan fingerprint density at radius 1 is 0.982 bits per heavy atom. The van der Waals surface area contributed by atoms with Gasteiger partial charge in [0.2, 0.25) is 11.8 Å². The van der Waals surface area contributed by atoms with Crippen molar-refractivity contribution in [1.82, 2.24) is 34.5 Å². The number of imide groups is 1. The number of nitrogens with one attached hydrogen (secondary N) is 3. The molecule has 2 saturated heterocycles. The van der Waals surface area contributed by atoms with Crippen LogP contribution in [0.3, 0.4) is 0 Å². The smallest absolute Gasteiger partial charge is 0.367 e. The number of carbonyl (C=O) groups is 3. The highest BCUT2D eigenvalue weighted by Crippen LogP contribution is 2.32. The summed E-state index contributed by atoms with van der Waals surface area (Å²) >= 11 is 0. The number of para-hydroxylation sites is 1. The molecule has 3 fully saturated rings. The highest BCUT2D eigenvalue weighted by molar-refractivity contribution is 6.04. The standard InChI is InChI=1S/C24H33N5O3.C15H11F3N4O.2H2/c1-26-22-18(28-14-12-27(13-15-28)16-17-6-3-2-4-7-17)8-5-9-19(22)29(24(26)32)20-10-11-21(30)25-23(20)31;1-8-5-12-9(7-19-22-12)6-11(8)21-14(23)10-3-2-4-13(20-10)15(16,17)18;;/h5,8-9,17,20H,2-4,6-7,10-16H2,1H3,(H,25,30,31);2-7H,1H3,(H,19,22)(H,21,23);2*1H. The van der Waals surface area contributed by atoms with Crippen LogP contribution in [0, 0.1) is 12.8 Å². The van der Waals surface area contributed by atoms with E-state index in [1.807, 2.05) is 12.1 Å². The van der Waals surface area contributed by atoms with Crippen LogP contribution in [0.1, 0.15) is 75.6 Å². The van der Waals surface area contributed by atoms with Crippen LogP contribution in [0.5, 0.6) is 0 Å². The molecular weight excluding hydrogens is 715 g/mol. The lowest BCUT2D eigenvalue weighted by atomic mass is 9.89. The summed E-state index contributed by atoms with van der Waals surface area (Å²) in [5.74, 6) is -0.520. The van der Waals surface area contributed by atoms with Gasteiger partial charge in [-0.2, -0.15) is 18.3 Å². The average Bonchev–Trinajstić information content (AvgIpc) is 3.73. The fourth-order valence-electron chi connectivity index (χ4n) is 7.95. The summed E-state index contributed by atoms with van der Waals surface area (Å²) in [5.41, 5.74) is 3.10. The van der Waals surface area contributed by atoms with E-state index in [2.05, 4.69) is 41.7 Å². The predicted octanol–water partition coefficient (Wildman–Crippen LogP) is 6.05. The van der Waals surface area contributed by atoms with Crippen molar-refractivity contribution < 1.29 is 30.4 Å². The van der Waals surface area contributed by atoms with Gasteiger partial charge in [-0.15, -0.1) is 0 Å². The van der Waals surface area contributed by atoms with Crippen LogP contribution in [0.4, 0.5) is 24.5 Å². The lowest BCUT2D eigenvalue weighted by Crippen LogP contribution is -2.48. The molecule has 3 aromatic heterocycles. The highest BCUT2D eigenvalue weighted by Gasteiger charge is 2.34. The Kier molecular flexibility index (Phi) is 10.8. The number of anilines is 2. The third-order valence-electron chi connectivity index (χ3n) is 10.9. The fraction of sp³-hybridized carbons (Fsp3) is 0.436. The summed E-state index contributed by atoms with van der Waals surface area (Å²) in [5, 5.41) is 12.4. The van der Waals surface area contributed by atoms with Crippen molar-refractivity contribution in [3.05, 3.63) is 82.2 Å². The maximum absolute atomic E-state index is 13.2. The lowest BCUT2D eigenvalue weighted by Gasteiger charge is -2.38. The quantitative estimate of drug-likeness (QED) is 0.177. The molecule has 55 heavy (non-hydrogen) atoms. The topological polar surface area (TPSA) is 150 Å². The first-order chi connectivity index (χ1) is 26.4. The number of imidazole rings is 1. The zero-order chi connectivity index (χ0) is 38.9. The molecule has 1 unspecified atom stereocenters. The van der Waals surface area contributed by atoms with Gasteiger partial charge < -0.3 is 10.2 Å². The molecule has 3 aliphatic rings. The number of rotatable bonds is 6. The third kappa shape index (κ3) is 8.14. The summed E-state index contributed by atoms with van der Waals surface area (Å²) in [7, 11) is 1.77. The van der Waals surface area contributed by atoms with Gasteiger partial charge in [-0.3, -0.25) is 38.8 Å². The number of piperidine rings is 1. The van der Waals surface area contributed by atoms with Gasteiger partial charge in [0.1, 0.15) is 17.4 Å². The third-order valence-corrected chi connectivity index (χ3v) is 10.9. The van der Waals surface area contributed by atoms with E-state index >= 15 is 0 Å². The zero-order valence-corrected chi connectivity index (χ0v) is 30.8. The van der Waals surface area contributed by atoms with E-state index in [1.54, 1.807) is 41.4 Å². The van der Waals surface area contributed by atoms with Crippen molar-refractivity contribution in [3.8, 4) is 0 Å². The molecule has 5 heterocycles. The second-order valence-corrected chi connectivity index (χ2v) is 14.6. The molecule has 1 aliphatic carbocycles. The fourth-order valence-corrected chi connectivity index (χ4v) is 7.95. The summed E-state index contributed by atoms with van der Waals surface area (Å²) in [6, 6.07) is 12.0. The van der Waals surface area contributed by atoms with Crippen LogP contribution in [0.15, 0.2) is 59.5 Å². The van der Waals surface area contributed by atoms with Gasteiger partial charge in [-0.1, -0.05) is 31.4 Å². The van der Waals surface area contributed by atoms with E-state index in [9.17, 15) is 32.3 Å². The van der Waals surface area contributed by atoms with E-state index < -0.39 is 29.7 Å². The van der Waals surface area contributed by atoms with Crippen LogP contribution in [0.2, 0.25) is 0 Å². The Hall–Kier alpha value is -5.51. The van der Waals surface area contributed by atoms with E-state index in [0.717, 1.165) is 77.4 Å². The number of fused-ring (bicyclic) bond motifs is 2. The largest absolute Gasteiger partial charge is 0.433 e. The number of hydrogen-bond donors (Lipinski definition) is 3. The van der Waals surface area contributed by atoms with Crippen molar-refractivity contribution in [2.75, 3.05) is 42.9 Å². The van der Waals surface area contributed by atoms with Gasteiger partial charge in [0.15, 0.2) is 0 Å². The maximum Gasteiger partial charge on any atom is 0.433 e. The molecule has 8 rings (SSSR count). The number of alkyl halides is 3. The Morgan fingerprint density at radius 2 is 1.73 bits per heavy atom. The molecular formula is C39H48F3N9O4. The minimum atomic E-state index is -4.60. The molecule has 16 heteroatoms. The Morgan fingerprint density at radius 3 is 2.45 bits per heavy atom. The number of carbonyl (C=O) groups excluding carboxylic acids is 3. The number of pyridine rings is 1. The zero-order valence-electron chi connectivity index (χ0n) is 30.8. The monoisotopic (exact) mass is 763 g/mol. The number of amides is 3. The number of piperazine rings is 1. The van der Waals surface area contributed by atoms with Gasteiger partial charge in [0.25, 0.3) is 5.91 Å². The van der Waals surface area contributed by atoms with Gasteiger partial charge in [0.05, 0.1) is 28.4 Å². The molecule has 5 aromatic rings. The summed E-state index contributed by atoms with van der Waals surface area (Å²) in [4.78, 5) is 57.7. The first-order valence-electron chi connectivity index (χ1n) is 18.7. The van der Waals surface area contributed by atoms with Crippen LogP contribution < -0.4 is 21.2 Å². The van der Waals surface area contributed by atoms with E-state index in [4.69, 9.17) is 0 Å². The van der Waals surface area contributed by atoms with Crippen LogP contribution in [-0.2, 0) is 22.8 Å². The van der Waals surface area contributed by atoms with Gasteiger partial charge in [0, 0.05) is 60.1 Å². The highest BCUT2D eigenvalue weighted by atomic mass is 19.4. The molecule has 0 radical (unpaired) electrons. The number of H-pyrrole nitrogens is 1. The molecule has 2 aliphatic heterocycles. The Labute approximate surface area is 317 Å². The molecule has 1 saturated carbocycles. The van der Waals surface area contributed by atoms with Crippen molar-refractivity contribution in [2.24, 2.45) is 13.0 Å². The van der Waals surface area contributed by atoms with Crippen LogP contribution in [0.25, 0.3) is 21.9 Å². The minimum absolute atomic E-state index is 0. The van der Waals surface area contributed by atoms with E-state index in [1.165, 1.54) is 44.7 Å². The minimum Gasteiger partial charge on any atom is -0.367 e.